The molecule has 1 saturated heterocycles. The van der Waals surface area contributed by atoms with E-state index in [-0.39, 0.29) is 12.6 Å². The van der Waals surface area contributed by atoms with Gasteiger partial charge in [-0.1, -0.05) is 0 Å². The Kier molecular flexibility index (Phi) is 6.97. The summed E-state index contributed by atoms with van der Waals surface area (Å²) in [5, 5.41) is 3.24. The van der Waals surface area contributed by atoms with Gasteiger partial charge < -0.3 is 19.4 Å². The van der Waals surface area contributed by atoms with E-state index in [1.54, 1.807) is 18.2 Å². The molecule has 2 aromatic rings. The first-order valence-electron chi connectivity index (χ1n) is 9.30. The lowest BCUT2D eigenvalue weighted by Gasteiger charge is -2.23. The van der Waals surface area contributed by atoms with Crippen LogP contribution in [0.2, 0.25) is 0 Å². The Morgan fingerprint density at radius 3 is 2.71 bits per heavy atom. The SMILES string of the molecule is CN(Cc1cc(F)c(F)c(F)c1)C(=NCC1CCCO1)NCCc1ccco1. The minimum atomic E-state index is -1.46. The average Bonchev–Trinajstić information content (AvgIpc) is 3.36. The van der Waals surface area contributed by atoms with E-state index in [2.05, 4.69) is 10.3 Å². The van der Waals surface area contributed by atoms with E-state index in [0.29, 0.717) is 31.0 Å². The quantitative estimate of drug-likeness (QED) is 0.443. The number of hydrogen-bond acceptors (Lipinski definition) is 3. The lowest BCUT2D eigenvalue weighted by Crippen LogP contribution is -2.40. The largest absolute Gasteiger partial charge is 0.469 e. The van der Waals surface area contributed by atoms with Crippen LogP contribution in [0.4, 0.5) is 13.2 Å². The summed E-state index contributed by atoms with van der Waals surface area (Å²) in [6.45, 7) is 1.99. The van der Waals surface area contributed by atoms with Crippen molar-refractivity contribution in [2.45, 2.75) is 31.9 Å². The molecule has 1 atom stereocenters. The topological polar surface area (TPSA) is 50.0 Å². The fourth-order valence-corrected chi connectivity index (χ4v) is 3.09. The maximum atomic E-state index is 13.5. The van der Waals surface area contributed by atoms with Gasteiger partial charge in [0.05, 0.1) is 18.9 Å². The molecule has 5 nitrogen and oxygen atoms in total. The van der Waals surface area contributed by atoms with E-state index in [9.17, 15) is 13.2 Å². The van der Waals surface area contributed by atoms with E-state index in [4.69, 9.17) is 9.15 Å². The van der Waals surface area contributed by atoms with Gasteiger partial charge in [-0.2, -0.15) is 0 Å². The van der Waals surface area contributed by atoms with Crippen molar-refractivity contribution in [1.29, 1.82) is 0 Å². The number of ether oxygens (including phenoxy) is 1. The number of aliphatic imine (C=N–C) groups is 1. The van der Waals surface area contributed by atoms with Crippen molar-refractivity contribution in [1.82, 2.24) is 10.2 Å². The Labute approximate surface area is 162 Å². The van der Waals surface area contributed by atoms with E-state index in [1.807, 2.05) is 12.1 Å². The van der Waals surface area contributed by atoms with Crippen LogP contribution in [0.3, 0.4) is 0 Å². The summed E-state index contributed by atoms with van der Waals surface area (Å²) in [7, 11) is 1.76. The third-order valence-corrected chi connectivity index (χ3v) is 4.53. The molecule has 0 aliphatic carbocycles. The van der Waals surface area contributed by atoms with Crippen LogP contribution in [0.1, 0.15) is 24.2 Å². The van der Waals surface area contributed by atoms with Gasteiger partial charge in [-0.3, -0.25) is 4.99 Å². The molecule has 1 aliphatic rings. The molecule has 1 aromatic carbocycles. The standard InChI is InChI=1S/C20H24F3N3O2/c1-26(13-14-10-17(21)19(23)18(22)11-14)20(25-12-16-5-3-9-28-16)24-7-6-15-4-2-8-27-15/h2,4,8,10-11,16H,3,5-7,9,12-13H2,1H3,(H,24,25). The predicted molar refractivity (Wildman–Crippen MR) is 99.5 cm³/mol. The van der Waals surface area contributed by atoms with Gasteiger partial charge >= 0.3 is 0 Å². The number of rotatable bonds is 7. The molecule has 152 valence electrons. The zero-order valence-electron chi connectivity index (χ0n) is 15.8. The number of halogens is 3. The Balaban J connectivity index is 1.65. The number of nitrogens with zero attached hydrogens (tertiary/aromatic N) is 2. The normalized spacial score (nSPS) is 17.1. The Morgan fingerprint density at radius 2 is 2.07 bits per heavy atom. The molecule has 0 radical (unpaired) electrons. The van der Waals surface area contributed by atoms with Crippen molar-refractivity contribution in [2.24, 2.45) is 4.99 Å². The molecular formula is C20H24F3N3O2. The summed E-state index contributed by atoms with van der Waals surface area (Å²) in [6, 6.07) is 5.70. The Hall–Kier alpha value is -2.48. The number of hydrogen-bond donors (Lipinski definition) is 1. The summed E-state index contributed by atoms with van der Waals surface area (Å²) >= 11 is 0. The van der Waals surface area contributed by atoms with E-state index in [0.717, 1.165) is 37.3 Å². The van der Waals surface area contributed by atoms with Gasteiger partial charge in [-0.05, 0) is 42.7 Å². The first kappa shape index (κ1) is 20.3. The number of furan rings is 1. The van der Waals surface area contributed by atoms with Crippen molar-refractivity contribution in [3.8, 4) is 0 Å². The maximum Gasteiger partial charge on any atom is 0.194 e. The molecule has 1 fully saturated rings. The molecule has 0 spiro atoms. The summed E-state index contributed by atoms with van der Waals surface area (Å²) in [6.07, 6.45) is 4.34. The van der Waals surface area contributed by atoms with Crippen LogP contribution in [0.5, 0.6) is 0 Å². The van der Waals surface area contributed by atoms with Crippen LogP contribution in [0.15, 0.2) is 39.9 Å². The highest BCUT2D eigenvalue weighted by Crippen LogP contribution is 2.15. The third-order valence-electron chi connectivity index (χ3n) is 4.53. The highest BCUT2D eigenvalue weighted by molar-refractivity contribution is 5.79. The summed E-state index contributed by atoms with van der Waals surface area (Å²) in [4.78, 5) is 6.34. The van der Waals surface area contributed by atoms with Gasteiger partial charge in [0.1, 0.15) is 5.76 Å². The molecule has 0 saturated carbocycles. The lowest BCUT2D eigenvalue weighted by molar-refractivity contribution is 0.117. The fraction of sp³-hybridized carbons (Fsp3) is 0.450. The summed E-state index contributed by atoms with van der Waals surface area (Å²) in [5.41, 5.74) is 0.316. The highest BCUT2D eigenvalue weighted by Gasteiger charge is 2.17. The zero-order chi connectivity index (χ0) is 19.9. The average molecular weight is 395 g/mol. The van der Waals surface area contributed by atoms with Gasteiger partial charge in [-0.15, -0.1) is 0 Å². The third kappa shape index (κ3) is 5.51. The summed E-state index contributed by atoms with van der Waals surface area (Å²) in [5.74, 6) is -2.45. The maximum absolute atomic E-state index is 13.5. The van der Waals surface area contributed by atoms with Crippen molar-refractivity contribution < 1.29 is 22.3 Å². The van der Waals surface area contributed by atoms with Gasteiger partial charge in [-0.25, -0.2) is 13.2 Å². The van der Waals surface area contributed by atoms with Crippen molar-refractivity contribution in [3.05, 3.63) is 59.3 Å². The molecular weight excluding hydrogens is 371 g/mol. The monoisotopic (exact) mass is 395 g/mol. The van der Waals surface area contributed by atoms with Crippen molar-refractivity contribution >= 4 is 5.96 Å². The molecule has 28 heavy (non-hydrogen) atoms. The first-order valence-corrected chi connectivity index (χ1v) is 9.30. The molecule has 2 heterocycles. The van der Waals surface area contributed by atoms with Gasteiger partial charge in [0.25, 0.3) is 0 Å². The predicted octanol–water partition coefficient (Wildman–Crippen LogP) is 3.50. The molecule has 0 bridgehead atoms. The van der Waals surface area contributed by atoms with E-state index in [1.165, 1.54) is 0 Å². The van der Waals surface area contributed by atoms with Gasteiger partial charge in [0.2, 0.25) is 0 Å². The van der Waals surface area contributed by atoms with E-state index < -0.39 is 17.5 Å². The second-order valence-electron chi connectivity index (χ2n) is 6.78. The van der Waals surface area contributed by atoms with E-state index >= 15 is 0 Å². The number of benzene rings is 1. The molecule has 3 rings (SSSR count). The minimum Gasteiger partial charge on any atom is -0.469 e. The summed E-state index contributed by atoms with van der Waals surface area (Å²) < 4.78 is 51.1. The zero-order valence-corrected chi connectivity index (χ0v) is 15.8. The van der Waals surface area contributed by atoms with Crippen LogP contribution in [-0.4, -0.2) is 43.7 Å². The number of guanidine groups is 1. The lowest BCUT2D eigenvalue weighted by atomic mass is 10.2. The first-order chi connectivity index (χ1) is 13.5. The van der Waals surface area contributed by atoms with Crippen LogP contribution in [-0.2, 0) is 17.7 Å². The smallest absolute Gasteiger partial charge is 0.194 e. The molecule has 0 amide bonds. The Morgan fingerprint density at radius 1 is 1.29 bits per heavy atom. The van der Waals surface area contributed by atoms with Crippen LogP contribution < -0.4 is 5.32 Å². The van der Waals surface area contributed by atoms with Crippen LogP contribution in [0, 0.1) is 17.5 Å². The minimum absolute atomic E-state index is 0.0796. The Bertz CT molecular complexity index is 767. The van der Waals surface area contributed by atoms with Crippen LogP contribution >= 0.6 is 0 Å². The molecule has 8 heteroatoms. The van der Waals surface area contributed by atoms with Gasteiger partial charge in [0.15, 0.2) is 23.4 Å². The van der Waals surface area contributed by atoms with Crippen LogP contribution in [0.25, 0.3) is 0 Å². The van der Waals surface area contributed by atoms with Crippen molar-refractivity contribution in [3.63, 3.8) is 0 Å². The fourth-order valence-electron chi connectivity index (χ4n) is 3.09. The highest BCUT2D eigenvalue weighted by atomic mass is 19.2. The molecule has 1 N–H and O–H groups in total. The molecule has 1 aliphatic heterocycles. The second-order valence-corrected chi connectivity index (χ2v) is 6.78. The second kappa shape index (κ2) is 9.64. The number of nitrogens with one attached hydrogen (secondary N) is 1. The molecule has 1 aromatic heterocycles. The van der Waals surface area contributed by atoms with Gasteiger partial charge in [0, 0.05) is 33.2 Å². The molecule has 1 unspecified atom stereocenters. The van der Waals surface area contributed by atoms with Crippen molar-refractivity contribution in [2.75, 3.05) is 26.7 Å².